The van der Waals surface area contributed by atoms with E-state index in [4.69, 9.17) is 10.00 Å². The summed E-state index contributed by atoms with van der Waals surface area (Å²) in [5, 5.41) is 13.5. The van der Waals surface area contributed by atoms with Gasteiger partial charge in [0.05, 0.1) is 36.7 Å². The summed E-state index contributed by atoms with van der Waals surface area (Å²) in [5.41, 5.74) is 2.62. The molecule has 1 fully saturated rings. The van der Waals surface area contributed by atoms with E-state index in [0.29, 0.717) is 11.6 Å². The number of aromatic nitrogens is 2. The molecule has 0 spiro atoms. The first-order chi connectivity index (χ1) is 10.7. The molecule has 0 aliphatic carbocycles. The summed E-state index contributed by atoms with van der Waals surface area (Å²) >= 11 is 0. The van der Waals surface area contributed by atoms with Gasteiger partial charge in [-0.15, -0.1) is 0 Å². The number of rotatable bonds is 3. The highest BCUT2D eigenvalue weighted by molar-refractivity contribution is 5.59. The zero-order valence-corrected chi connectivity index (χ0v) is 12.9. The Kier molecular flexibility index (Phi) is 4.23. The Morgan fingerprint density at radius 3 is 2.77 bits per heavy atom. The summed E-state index contributed by atoms with van der Waals surface area (Å²) in [7, 11) is 0. The molecule has 0 N–H and O–H groups in total. The van der Waals surface area contributed by atoms with Crippen LogP contribution < -0.4 is 0 Å². The number of nitriles is 1. The van der Waals surface area contributed by atoms with Crippen molar-refractivity contribution < 1.29 is 4.74 Å². The standard InChI is InChI=1S/C17H20N4O/c1-13-11-22-14(2)10-20(13)12-21-8-7-17(19-21)16-5-3-15(9-18)4-6-16/h3-8,13-14H,10-12H2,1-2H3. The molecule has 114 valence electrons. The Balaban J connectivity index is 1.71. The monoisotopic (exact) mass is 296 g/mol. The van der Waals surface area contributed by atoms with Gasteiger partial charge >= 0.3 is 0 Å². The van der Waals surface area contributed by atoms with Crippen LogP contribution >= 0.6 is 0 Å². The van der Waals surface area contributed by atoms with E-state index < -0.39 is 0 Å². The maximum absolute atomic E-state index is 8.85. The summed E-state index contributed by atoms with van der Waals surface area (Å²) in [6, 6.07) is 12.1. The van der Waals surface area contributed by atoms with Crippen molar-refractivity contribution in [3.8, 4) is 17.3 Å². The highest BCUT2D eigenvalue weighted by Gasteiger charge is 2.23. The second-order valence-electron chi connectivity index (χ2n) is 5.84. The molecule has 1 aliphatic heterocycles. The summed E-state index contributed by atoms with van der Waals surface area (Å²) in [6.07, 6.45) is 2.27. The van der Waals surface area contributed by atoms with Crippen molar-refractivity contribution in [1.29, 1.82) is 5.26 Å². The van der Waals surface area contributed by atoms with Gasteiger partial charge < -0.3 is 4.74 Å². The number of hydrogen-bond acceptors (Lipinski definition) is 4. The molecule has 2 unspecified atom stereocenters. The molecule has 1 saturated heterocycles. The predicted octanol–water partition coefficient (Wildman–Crippen LogP) is 2.49. The Labute approximate surface area is 130 Å². The van der Waals surface area contributed by atoms with Crippen LogP contribution in [0.2, 0.25) is 0 Å². The third kappa shape index (κ3) is 3.19. The van der Waals surface area contributed by atoms with Gasteiger partial charge in [0.1, 0.15) is 0 Å². The summed E-state index contributed by atoms with van der Waals surface area (Å²) in [4.78, 5) is 2.38. The fourth-order valence-electron chi connectivity index (χ4n) is 2.66. The number of benzene rings is 1. The van der Waals surface area contributed by atoms with Crippen LogP contribution in [0.1, 0.15) is 19.4 Å². The van der Waals surface area contributed by atoms with Gasteiger partial charge in [0, 0.05) is 24.3 Å². The topological polar surface area (TPSA) is 54.1 Å². The van der Waals surface area contributed by atoms with Gasteiger partial charge in [-0.1, -0.05) is 12.1 Å². The van der Waals surface area contributed by atoms with Crippen molar-refractivity contribution >= 4 is 0 Å². The molecule has 0 bridgehead atoms. The molecule has 0 saturated carbocycles. The molecule has 2 atom stereocenters. The molecule has 22 heavy (non-hydrogen) atoms. The fraction of sp³-hybridized carbons (Fsp3) is 0.412. The van der Waals surface area contributed by atoms with Crippen LogP contribution in [-0.2, 0) is 11.4 Å². The van der Waals surface area contributed by atoms with E-state index in [1.807, 2.05) is 41.2 Å². The van der Waals surface area contributed by atoms with Crippen LogP contribution in [0.5, 0.6) is 0 Å². The van der Waals surface area contributed by atoms with Gasteiger partial charge in [0.25, 0.3) is 0 Å². The fourth-order valence-corrected chi connectivity index (χ4v) is 2.66. The van der Waals surface area contributed by atoms with Crippen molar-refractivity contribution in [3.05, 3.63) is 42.1 Å². The number of nitrogens with zero attached hydrogens (tertiary/aromatic N) is 4. The number of ether oxygens (including phenoxy) is 1. The van der Waals surface area contributed by atoms with E-state index in [9.17, 15) is 0 Å². The molecular formula is C17H20N4O. The van der Waals surface area contributed by atoms with E-state index >= 15 is 0 Å². The molecule has 2 heterocycles. The molecule has 5 heteroatoms. The minimum Gasteiger partial charge on any atom is -0.376 e. The van der Waals surface area contributed by atoms with Gasteiger partial charge in [-0.05, 0) is 32.0 Å². The van der Waals surface area contributed by atoms with Crippen molar-refractivity contribution in [1.82, 2.24) is 14.7 Å². The molecule has 3 rings (SSSR count). The van der Waals surface area contributed by atoms with Crippen LogP contribution in [0.4, 0.5) is 0 Å². The van der Waals surface area contributed by atoms with Crippen LogP contribution in [-0.4, -0.2) is 40.0 Å². The number of morpholine rings is 1. The van der Waals surface area contributed by atoms with Crippen LogP contribution in [0.3, 0.4) is 0 Å². The van der Waals surface area contributed by atoms with Crippen LogP contribution in [0, 0.1) is 11.3 Å². The normalized spacial score (nSPS) is 22.4. The maximum Gasteiger partial charge on any atom is 0.0991 e. The van der Waals surface area contributed by atoms with E-state index in [2.05, 4.69) is 29.9 Å². The minimum absolute atomic E-state index is 0.268. The van der Waals surface area contributed by atoms with Gasteiger partial charge in [0.2, 0.25) is 0 Å². The first-order valence-electron chi connectivity index (χ1n) is 7.55. The quantitative estimate of drug-likeness (QED) is 0.873. The van der Waals surface area contributed by atoms with E-state index in [0.717, 1.165) is 31.1 Å². The van der Waals surface area contributed by atoms with Gasteiger partial charge in [-0.3, -0.25) is 9.58 Å². The molecule has 1 aromatic heterocycles. The smallest absolute Gasteiger partial charge is 0.0991 e. The van der Waals surface area contributed by atoms with E-state index in [1.54, 1.807) is 0 Å². The lowest BCUT2D eigenvalue weighted by Crippen LogP contribution is -2.47. The second-order valence-corrected chi connectivity index (χ2v) is 5.84. The van der Waals surface area contributed by atoms with Crippen molar-refractivity contribution in [2.24, 2.45) is 0 Å². The van der Waals surface area contributed by atoms with Crippen molar-refractivity contribution in [3.63, 3.8) is 0 Å². The SMILES string of the molecule is CC1CN(Cn2ccc(-c3ccc(C#N)cc3)n2)C(C)CO1. The lowest BCUT2D eigenvalue weighted by atomic mass is 10.1. The average Bonchev–Trinajstić information content (AvgIpc) is 2.99. The predicted molar refractivity (Wildman–Crippen MR) is 84.0 cm³/mol. The lowest BCUT2D eigenvalue weighted by Gasteiger charge is -2.36. The molecular weight excluding hydrogens is 276 g/mol. The Bertz CT molecular complexity index is 671. The third-order valence-corrected chi connectivity index (χ3v) is 4.01. The van der Waals surface area contributed by atoms with E-state index in [-0.39, 0.29) is 6.10 Å². The lowest BCUT2D eigenvalue weighted by molar-refractivity contribution is -0.0622. The molecule has 1 aromatic carbocycles. The highest BCUT2D eigenvalue weighted by Crippen LogP contribution is 2.18. The first-order valence-corrected chi connectivity index (χ1v) is 7.55. The molecule has 2 aromatic rings. The summed E-state index contributed by atoms with van der Waals surface area (Å²) in [6.45, 7) is 6.74. The zero-order chi connectivity index (χ0) is 15.5. The van der Waals surface area contributed by atoms with Gasteiger partial charge in [-0.25, -0.2) is 0 Å². The Morgan fingerprint density at radius 1 is 1.27 bits per heavy atom. The molecule has 0 radical (unpaired) electrons. The molecule has 0 amide bonds. The third-order valence-electron chi connectivity index (χ3n) is 4.01. The summed E-state index contributed by atoms with van der Waals surface area (Å²) < 4.78 is 7.62. The Hall–Kier alpha value is -2.16. The molecule has 5 nitrogen and oxygen atoms in total. The highest BCUT2D eigenvalue weighted by atomic mass is 16.5. The zero-order valence-electron chi connectivity index (χ0n) is 12.9. The Morgan fingerprint density at radius 2 is 2.05 bits per heavy atom. The van der Waals surface area contributed by atoms with Crippen LogP contribution in [0.25, 0.3) is 11.3 Å². The first kappa shape index (κ1) is 14.8. The molecule has 1 aliphatic rings. The van der Waals surface area contributed by atoms with Crippen LogP contribution in [0.15, 0.2) is 36.5 Å². The maximum atomic E-state index is 8.85. The number of hydrogen-bond donors (Lipinski definition) is 0. The van der Waals surface area contributed by atoms with E-state index in [1.165, 1.54) is 0 Å². The largest absolute Gasteiger partial charge is 0.376 e. The minimum atomic E-state index is 0.268. The summed E-state index contributed by atoms with van der Waals surface area (Å²) in [5.74, 6) is 0. The van der Waals surface area contributed by atoms with Crippen molar-refractivity contribution in [2.75, 3.05) is 13.2 Å². The van der Waals surface area contributed by atoms with Gasteiger partial charge in [0.15, 0.2) is 0 Å². The van der Waals surface area contributed by atoms with Crippen molar-refractivity contribution in [2.45, 2.75) is 32.7 Å². The second kappa shape index (κ2) is 6.30. The average molecular weight is 296 g/mol. The van der Waals surface area contributed by atoms with Gasteiger partial charge in [-0.2, -0.15) is 10.4 Å².